The van der Waals surface area contributed by atoms with E-state index in [1.54, 1.807) is 7.11 Å². The summed E-state index contributed by atoms with van der Waals surface area (Å²) in [6, 6.07) is 18.1. The molecule has 1 N–H and O–H groups in total. The highest BCUT2D eigenvalue weighted by atomic mass is 32.2. The quantitative estimate of drug-likeness (QED) is 0.401. The standard InChI is InChI=1S/C25H33N5O2S/c1-5-29(6-2)22(20-14-11-15-21(16-20)32-4)17-26-23(31)18-33-25-28-27-24(30(25)7-3)19-12-9-8-10-13-19/h8-16,22H,5-7,17-18H2,1-4H3,(H,26,31). The summed E-state index contributed by atoms with van der Waals surface area (Å²) < 4.78 is 7.44. The Balaban J connectivity index is 1.64. The number of rotatable bonds is 12. The van der Waals surface area contributed by atoms with Gasteiger partial charge >= 0.3 is 0 Å². The van der Waals surface area contributed by atoms with Crippen molar-refractivity contribution < 1.29 is 9.53 Å². The van der Waals surface area contributed by atoms with Gasteiger partial charge in [0.25, 0.3) is 0 Å². The van der Waals surface area contributed by atoms with Gasteiger partial charge < -0.3 is 14.6 Å². The minimum Gasteiger partial charge on any atom is -0.497 e. The Kier molecular flexibility index (Phi) is 9.33. The molecule has 1 heterocycles. The van der Waals surface area contributed by atoms with E-state index in [-0.39, 0.29) is 17.7 Å². The molecule has 8 heteroatoms. The van der Waals surface area contributed by atoms with Gasteiger partial charge in [-0.2, -0.15) is 0 Å². The highest BCUT2D eigenvalue weighted by Crippen LogP contribution is 2.25. The molecule has 0 radical (unpaired) electrons. The second-order valence-corrected chi connectivity index (χ2v) is 8.47. The number of ether oxygens (including phenoxy) is 1. The zero-order valence-electron chi connectivity index (χ0n) is 19.8. The van der Waals surface area contributed by atoms with Gasteiger partial charge in [0.1, 0.15) is 5.75 Å². The summed E-state index contributed by atoms with van der Waals surface area (Å²) in [7, 11) is 1.67. The molecule has 3 rings (SSSR count). The second-order valence-electron chi connectivity index (χ2n) is 7.52. The number of methoxy groups -OCH3 is 1. The van der Waals surface area contributed by atoms with Crippen molar-refractivity contribution in [2.75, 3.05) is 32.5 Å². The number of hydrogen-bond acceptors (Lipinski definition) is 6. The molecule has 1 amide bonds. The maximum atomic E-state index is 12.7. The molecule has 0 spiro atoms. The number of likely N-dealkylation sites (N-methyl/N-ethyl adjacent to an activating group) is 1. The summed E-state index contributed by atoms with van der Waals surface area (Å²) in [5.41, 5.74) is 2.15. The molecule has 0 fully saturated rings. The predicted octanol–water partition coefficient (Wildman–Crippen LogP) is 4.27. The van der Waals surface area contributed by atoms with Crippen LogP contribution in [-0.4, -0.2) is 58.1 Å². The number of nitrogens with one attached hydrogen (secondary N) is 1. The first-order chi connectivity index (χ1) is 16.1. The third kappa shape index (κ3) is 6.36. The van der Waals surface area contributed by atoms with Gasteiger partial charge in [0.2, 0.25) is 5.91 Å². The zero-order chi connectivity index (χ0) is 23.6. The minimum atomic E-state index is -0.0213. The Morgan fingerprint density at radius 1 is 1.09 bits per heavy atom. The van der Waals surface area contributed by atoms with Crippen molar-refractivity contribution in [3.05, 3.63) is 60.2 Å². The highest BCUT2D eigenvalue weighted by Gasteiger charge is 2.20. The number of hydrogen-bond donors (Lipinski definition) is 1. The van der Waals surface area contributed by atoms with E-state index in [1.165, 1.54) is 11.8 Å². The second kappa shape index (κ2) is 12.4. The molecular weight excluding hydrogens is 434 g/mol. The molecule has 1 aromatic heterocycles. The smallest absolute Gasteiger partial charge is 0.230 e. The molecule has 1 atom stereocenters. The average molecular weight is 468 g/mol. The van der Waals surface area contributed by atoms with Crippen molar-refractivity contribution in [1.29, 1.82) is 0 Å². The predicted molar refractivity (Wildman–Crippen MR) is 134 cm³/mol. The van der Waals surface area contributed by atoms with E-state index < -0.39 is 0 Å². The van der Waals surface area contributed by atoms with Crippen LogP contribution in [0.1, 0.15) is 32.4 Å². The van der Waals surface area contributed by atoms with Crippen molar-refractivity contribution >= 4 is 17.7 Å². The molecule has 0 aliphatic heterocycles. The van der Waals surface area contributed by atoms with E-state index in [1.807, 2.05) is 53.1 Å². The molecule has 33 heavy (non-hydrogen) atoms. The van der Waals surface area contributed by atoms with Gasteiger partial charge in [-0.15, -0.1) is 10.2 Å². The molecule has 0 aliphatic rings. The summed E-state index contributed by atoms with van der Waals surface area (Å²) in [4.78, 5) is 15.1. The van der Waals surface area contributed by atoms with E-state index in [4.69, 9.17) is 4.74 Å². The van der Waals surface area contributed by atoms with E-state index in [2.05, 4.69) is 47.3 Å². The van der Waals surface area contributed by atoms with Crippen molar-refractivity contribution in [1.82, 2.24) is 25.0 Å². The van der Waals surface area contributed by atoms with E-state index in [0.29, 0.717) is 6.54 Å². The Labute approximate surface area is 200 Å². The Morgan fingerprint density at radius 2 is 1.85 bits per heavy atom. The van der Waals surface area contributed by atoms with Crippen molar-refractivity contribution in [3.63, 3.8) is 0 Å². The van der Waals surface area contributed by atoms with Crippen LogP contribution in [0.4, 0.5) is 0 Å². The van der Waals surface area contributed by atoms with Crippen LogP contribution in [0.3, 0.4) is 0 Å². The lowest BCUT2D eigenvalue weighted by Gasteiger charge is -2.30. The van der Waals surface area contributed by atoms with Crippen molar-refractivity contribution in [2.24, 2.45) is 0 Å². The first-order valence-electron chi connectivity index (χ1n) is 11.4. The largest absolute Gasteiger partial charge is 0.497 e. The van der Waals surface area contributed by atoms with Gasteiger partial charge in [0.05, 0.1) is 18.9 Å². The molecule has 176 valence electrons. The van der Waals surface area contributed by atoms with Crippen molar-refractivity contribution in [2.45, 2.75) is 38.5 Å². The maximum absolute atomic E-state index is 12.7. The van der Waals surface area contributed by atoms with Gasteiger partial charge in [-0.05, 0) is 37.7 Å². The fourth-order valence-corrected chi connectivity index (χ4v) is 4.68. The van der Waals surface area contributed by atoms with Crippen LogP contribution in [0.5, 0.6) is 5.75 Å². The molecule has 0 saturated carbocycles. The lowest BCUT2D eigenvalue weighted by atomic mass is 10.0. The van der Waals surface area contributed by atoms with Gasteiger partial charge in [-0.25, -0.2) is 0 Å². The van der Waals surface area contributed by atoms with Crippen LogP contribution >= 0.6 is 11.8 Å². The molecule has 0 bridgehead atoms. The van der Waals surface area contributed by atoms with Crippen LogP contribution in [0.25, 0.3) is 11.4 Å². The van der Waals surface area contributed by atoms with Gasteiger partial charge in [0.15, 0.2) is 11.0 Å². The zero-order valence-corrected chi connectivity index (χ0v) is 20.6. The van der Waals surface area contributed by atoms with Gasteiger partial charge in [0, 0.05) is 18.7 Å². The van der Waals surface area contributed by atoms with E-state index >= 15 is 0 Å². The fraction of sp³-hybridized carbons (Fsp3) is 0.400. The Hall–Kier alpha value is -2.84. The molecule has 0 aliphatic carbocycles. The average Bonchev–Trinajstić information content (AvgIpc) is 3.28. The van der Waals surface area contributed by atoms with Crippen LogP contribution in [-0.2, 0) is 11.3 Å². The van der Waals surface area contributed by atoms with Gasteiger partial charge in [-0.1, -0.05) is 68.1 Å². The lowest BCUT2D eigenvalue weighted by Crippen LogP contribution is -2.38. The molecule has 2 aromatic carbocycles. The van der Waals surface area contributed by atoms with E-state index in [0.717, 1.165) is 47.5 Å². The number of nitrogens with zero attached hydrogens (tertiary/aromatic N) is 4. The minimum absolute atomic E-state index is 0.0213. The summed E-state index contributed by atoms with van der Waals surface area (Å²) in [5.74, 6) is 1.91. The third-order valence-corrected chi connectivity index (χ3v) is 6.59. The van der Waals surface area contributed by atoms with Gasteiger partial charge in [-0.3, -0.25) is 9.69 Å². The fourth-order valence-electron chi connectivity index (χ4n) is 3.84. The molecule has 1 unspecified atom stereocenters. The number of carbonyl (C=O) groups is 1. The number of thioether (sulfide) groups is 1. The SMILES string of the molecule is CCN(CC)C(CNC(=O)CSc1nnc(-c2ccccc2)n1CC)c1cccc(OC)c1. The number of benzene rings is 2. The van der Waals surface area contributed by atoms with E-state index in [9.17, 15) is 4.79 Å². The summed E-state index contributed by atoms with van der Waals surface area (Å²) in [5, 5.41) is 12.5. The van der Waals surface area contributed by atoms with Crippen LogP contribution in [0.2, 0.25) is 0 Å². The summed E-state index contributed by atoms with van der Waals surface area (Å²) in [6.45, 7) is 9.38. The third-order valence-electron chi connectivity index (χ3n) is 5.62. The monoisotopic (exact) mass is 467 g/mol. The first kappa shape index (κ1) is 24.8. The molecule has 0 saturated heterocycles. The number of carbonyl (C=O) groups excluding carboxylic acids is 1. The molecule has 3 aromatic rings. The van der Waals surface area contributed by atoms with Crippen LogP contribution in [0.15, 0.2) is 59.8 Å². The molecule has 7 nitrogen and oxygen atoms in total. The lowest BCUT2D eigenvalue weighted by molar-refractivity contribution is -0.118. The number of aromatic nitrogens is 3. The van der Waals surface area contributed by atoms with Crippen molar-refractivity contribution in [3.8, 4) is 17.1 Å². The first-order valence-corrected chi connectivity index (χ1v) is 12.4. The van der Waals surface area contributed by atoms with Crippen LogP contribution < -0.4 is 10.1 Å². The molecular formula is C25H33N5O2S. The topological polar surface area (TPSA) is 72.3 Å². The summed E-state index contributed by atoms with van der Waals surface area (Å²) in [6.07, 6.45) is 0. The van der Waals surface area contributed by atoms with Crippen LogP contribution in [0, 0.1) is 0 Å². The summed E-state index contributed by atoms with van der Waals surface area (Å²) >= 11 is 1.41. The normalized spacial score (nSPS) is 12.0. The number of amides is 1. The Bertz CT molecular complexity index is 1020. The Morgan fingerprint density at radius 3 is 2.52 bits per heavy atom. The maximum Gasteiger partial charge on any atom is 0.230 e. The highest BCUT2D eigenvalue weighted by molar-refractivity contribution is 7.99.